The summed E-state index contributed by atoms with van der Waals surface area (Å²) in [5.41, 5.74) is 5.22. The first kappa shape index (κ1) is 20.5. The van der Waals surface area contributed by atoms with Gasteiger partial charge in [-0.25, -0.2) is 4.39 Å². The summed E-state index contributed by atoms with van der Waals surface area (Å²) in [6, 6.07) is 10.7. The SMILES string of the molecule is COc1cc(Nc2cc(S(=O)(=O)O)c(N)c3c2C(=O)c2ccccc2C3=O)ccc1F. The molecule has 0 saturated heterocycles. The van der Waals surface area contributed by atoms with Gasteiger partial charge in [0.2, 0.25) is 0 Å². The summed E-state index contributed by atoms with van der Waals surface area (Å²) in [6.07, 6.45) is 0. The van der Waals surface area contributed by atoms with Gasteiger partial charge in [-0.05, 0) is 18.2 Å². The molecule has 0 spiro atoms. The zero-order valence-electron chi connectivity index (χ0n) is 16.0. The van der Waals surface area contributed by atoms with E-state index in [-0.39, 0.29) is 39.4 Å². The largest absolute Gasteiger partial charge is 0.494 e. The fourth-order valence-corrected chi connectivity index (χ4v) is 4.15. The third kappa shape index (κ3) is 3.31. The Morgan fingerprint density at radius 2 is 1.61 bits per heavy atom. The van der Waals surface area contributed by atoms with Gasteiger partial charge in [-0.1, -0.05) is 24.3 Å². The van der Waals surface area contributed by atoms with Crippen molar-refractivity contribution in [2.45, 2.75) is 4.90 Å². The second-order valence-electron chi connectivity index (χ2n) is 6.74. The first-order chi connectivity index (χ1) is 14.6. The van der Waals surface area contributed by atoms with Crippen molar-refractivity contribution in [3.8, 4) is 5.75 Å². The lowest BCUT2D eigenvalue weighted by molar-refractivity contribution is 0.0980. The molecule has 158 valence electrons. The number of carbonyl (C=O) groups is 2. The van der Waals surface area contributed by atoms with Crippen LogP contribution in [0.25, 0.3) is 0 Å². The first-order valence-electron chi connectivity index (χ1n) is 8.86. The number of methoxy groups -OCH3 is 1. The van der Waals surface area contributed by atoms with Gasteiger partial charge < -0.3 is 15.8 Å². The molecule has 1 aliphatic rings. The van der Waals surface area contributed by atoms with Crippen LogP contribution in [0.1, 0.15) is 31.8 Å². The van der Waals surface area contributed by atoms with Gasteiger partial charge in [-0.2, -0.15) is 8.42 Å². The number of nitrogens with one attached hydrogen (secondary N) is 1. The Balaban J connectivity index is 2.00. The summed E-state index contributed by atoms with van der Waals surface area (Å²) in [7, 11) is -3.57. The minimum atomic E-state index is -4.83. The fraction of sp³-hybridized carbons (Fsp3) is 0.0476. The minimum absolute atomic E-state index is 0.0635. The lowest BCUT2D eigenvalue weighted by atomic mass is 9.82. The highest BCUT2D eigenvalue weighted by atomic mass is 32.2. The molecule has 3 aromatic carbocycles. The summed E-state index contributed by atoms with van der Waals surface area (Å²) in [6.45, 7) is 0. The number of halogens is 1. The van der Waals surface area contributed by atoms with E-state index in [4.69, 9.17) is 10.5 Å². The van der Waals surface area contributed by atoms with Crippen LogP contribution < -0.4 is 15.8 Å². The van der Waals surface area contributed by atoms with Gasteiger partial charge >= 0.3 is 0 Å². The number of benzene rings is 3. The van der Waals surface area contributed by atoms with E-state index in [1.54, 1.807) is 12.1 Å². The summed E-state index contributed by atoms with van der Waals surface area (Å²) >= 11 is 0. The topological polar surface area (TPSA) is 136 Å². The van der Waals surface area contributed by atoms with Crippen LogP contribution in [-0.4, -0.2) is 31.6 Å². The second-order valence-corrected chi connectivity index (χ2v) is 8.13. The Morgan fingerprint density at radius 3 is 2.19 bits per heavy atom. The van der Waals surface area contributed by atoms with Crippen molar-refractivity contribution >= 4 is 38.7 Å². The van der Waals surface area contributed by atoms with E-state index in [0.717, 1.165) is 12.1 Å². The van der Waals surface area contributed by atoms with Crippen molar-refractivity contribution in [3.63, 3.8) is 0 Å². The lowest BCUT2D eigenvalue weighted by Gasteiger charge is -2.23. The molecule has 0 bridgehead atoms. The van der Waals surface area contributed by atoms with Gasteiger partial charge in [-0.3, -0.25) is 14.1 Å². The van der Waals surface area contributed by atoms with Gasteiger partial charge in [0, 0.05) is 22.9 Å². The third-order valence-corrected chi connectivity index (χ3v) is 5.80. The molecule has 0 unspecified atom stereocenters. The van der Waals surface area contributed by atoms with Crippen LogP contribution in [0.2, 0.25) is 0 Å². The number of nitrogens with two attached hydrogens (primary N) is 1. The summed E-state index contributed by atoms with van der Waals surface area (Å²) in [5, 5.41) is 2.80. The smallest absolute Gasteiger partial charge is 0.296 e. The Bertz CT molecular complexity index is 1380. The quantitative estimate of drug-likeness (QED) is 0.324. The van der Waals surface area contributed by atoms with Crippen molar-refractivity contribution in [2.75, 3.05) is 18.2 Å². The average Bonchev–Trinajstić information content (AvgIpc) is 2.73. The molecule has 31 heavy (non-hydrogen) atoms. The summed E-state index contributed by atoms with van der Waals surface area (Å²) in [5.74, 6) is -1.95. The lowest BCUT2D eigenvalue weighted by Crippen LogP contribution is -2.25. The van der Waals surface area contributed by atoms with Crippen molar-refractivity contribution in [3.05, 3.63) is 76.6 Å². The van der Waals surface area contributed by atoms with Crippen LogP contribution in [0.5, 0.6) is 5.75 Å². The number of anilines is 3. The second kappa shape index (κ2) is 7.18. The zero-order chi connectivity index (χ0) is 22.5. The molecule has 0 saturated carbocycles. The molecule has 4 N–H and O–H groups in total. The maximum Gasteiger partial charge on any atom is 0.296 e. The number of carbonyl (C=O) groups excluding carboxylic acids is 2. The van der Waals surface area contributed by atoms with E-state index in [2.05, 4.69) is 5.32 Å². The predicted octanol–water partition coefficient (Wildman–Crippen LogP) is 3.18. The Morgan fingerprint density at radius 1 is 1.00 bits per heavy atom. The molecule has 10 heteroatoms. The molecule has 4 rings (SSSR count). The Hall–Kier alpha value is -3.76. The highest BCUT2D eigenvalue weighted by Gasteiger charge is 2.36. The zero-order valence-corrected chi connectivity index (χ0v) is 16.8. The standard InChI is InChI=1S/C21H15FN2O6S/c1-30-15-8-10(6-7-13(15)22)24-14-9-16(31(27,28)29)19(23)18-17(14)20(25)11-4-2-3-5-12(11)21(18)26/h2-9,24H,23H2,1H3,(H,27,28,29). The molecule has 0 aliphatic heterocycles. The molecule has 0 heterocycles. The van der Waals surface area contributed by atoms with Crippen molar-refractivity contribution in [1.82, 2.24) is 0 Å². The van der Waals surface area contributed by atoms with E-state index < -0.39 is 38.1 Å². The predicted molar refractivity (Wildman–Crippen MR) is 110 cm³/mol. The van der Waals surface area contributed by atoms with E-state index in [0.29, 0.717) is 0 Å². The number of hydrogen-bond acceptors (Lipinski definition) is 7. The van der Waals surface area contributed by atoms with Crippen LogP contribution in [0.3, 0.4) is 0 Å². The number of hydrogen-bond donors (Lipinski definition) is 3. The summed E-state index contributed by atoms with van der Waals surface area (Å²) < 4.78 is 52.1. The highest BCUT2D eigenvalue weighted by Crippen LogP contribution is 2.40. The Labute approximate surface area is 176 Å². The number of nitrogen functional groups attached to an aromatic ring is 1. The number of ether oxygens (including phenoxy) is 1. The molecule has 0 amide bonds. The normalized spacial score (nSPS) is 12.9. The Kier molecular flexibility index (Phi) is 4.75. The van der Waals surface area contributed by atoms with E-state index in [1.807, 2.05) is 0 Å². The molecule has 0 radical (unpaired) electrons. The van der Waals surface area contributed by atoms with Gasteiger partial charge in [-0.15, -0.1) is 0 Å². The van der Waals surface area contributed by atoms with Crippen molar-refractivity contribution < 1.29 is 31.7 Å². The van der Waals surface area contributed by atoms with Gasteiger partial charge in [0.1, 0.15) is 4.90 Å². The van der Waals surface area contributed by atoms with E-state index in [1.165, 1.54) is 31.4 Å². The van der Waals surface area contributed by atoms with Crippen LogP contribution in [0.15, 0.2) is 53.4 Å². The third-order valence-electron chi connectivity index (χ3n) is 4.91. The maximum absolute atomic E-state index is 13.8. The van der Waals surface area contributed by atoms with Crippen LogP contribution >= 0.6 is 0 Å². The number of ketones is 2. The van der Waals surface area contributed by atoms with Crippen LogP contribution in [0, 0.1) is 5.82 Å². The molecule has 8 nitrogen and oxygen atoms in total. The monoisotopic (exact) mass is 442 g/mol. The molecule has 0 aromatic heterocycles. The van der Waals surface area contributed by atoms with Gasteiger partial charge in [0.25, 0.3) is 10.1 Å². The van der Waals surface area contributed by atoms with Gasteiger partial charge in [0.05, 0.1) is 29.6 Å². The van der Waals surface area contributed by atoms with Crippen molar-refractivity contribution in [1.29, 1.82) is 0 Å². The molecule has 0 atom stereocenters. The summed E-state index contributed by atoms with van der Waals surface area (Å²) in [4.78, 5) is 25.6. The van der Waals surface area contributed by atoms with Crippen LogP contribution in [-0.2, 0) is 10.1 Å². The number of rotatable bonds is 4. The van der Waals surface area contributed by atoms with Crippen molar-refractivity contribution in [2.24, 2.45) is 0 Å². The van der Waals surface area contributed by atoms with Gasteiger partial charge in [0.15, 0.2) is 23.1 Å². The molecular formula is C21H15FN2O6S. The fourth-order valence-electron chi connectivity index (χ4n) is 3.50. The van der Waals surface area contributed by atoms with Crippen LogP contribution in [0.4, 0.5) is 21.5 Å². The minimum Gasteiger partial charge on any atom is -0.494 e. The maximum atomic E-state index is 13.8. The molecule has 3 aromatic rings. The molecular weight excluding hydrogens is 427 g/mol. The highest BCUT2D eigenvalue weighted by molar-refractivity contribution is 7.86. The number of fused-ring (bicyclic) bond motifs is 2. The van der Waals surface area contributed by atoms with E-state index >= 15 is 0 Å². The molecule has 0 fully saturated rings. The first-order valence-corrected chi connectivity index (χ1v) is 10.3. The van der Waals surface area contributed by atoms with E-state index in [9.17, 15) is 27.0 Å². The molecule has 1 aliphatic carbocycles. The average molecular weight is 442 g/mol.